The van der Waals surface area contributed by atoms with Gasteiger partial charge in [-0.05, 0) is 23.8 Å². The molecule has 2 aromatic rings. The second kappa shape index (κ2) is 5.86. The zero-order valence-corrected chi connectivity index (χ0v) is 10.5. The van der Waals surface area contributed by atoms with E-state index in [2.05, 4.69) is 5.32 Å². The van der Waals surface area contributed by atoms with E-state index in [1.54, 1.807) is 19.2 Å². The number of non-ortho nitro benzene ring substituents is 1. The van der Waals surface area contributed by atoms with Crippen LogP contribution in [0.15, 0.2) is 48.5 Å². The molecule has 0 aliphatic carbocycles. The summed E-state index contributed by atoms with van der Waals surface area (Å²) < 4.78 is 5.14. The first-order chi connectivity index (χ1) is 9.19. The minimum atomic E-state index is -0.406. The van der Waals surface area contributed by atoms with Gasteiger partial charge in [-0.3, -0.25) is 10.1 Å². The van der Waals surface area contributed by atoms with Gasteiger partial charge in [0.15, 0.2) is 0 Å². The molecule has 0 spiro atoms. The Balaban J connectivity index is 2.05. The Labute approximate surface area is 111 Å². The fraction of sp³-hybridized carbons (Fsp3) is 0.143. The monoisotopic (exact) mass is 258 g/mol. The molecule has 0 aliphatic heterocycles. The molecule has 1 N–H and O–H groups in total. The molecule has 0 aliphatic rings. The Bertz CT molecular complexity index is 584. The van der Waals surface area contributed by atoms with Crippen LogP contribution in [0.5, 0.6) is 5.75 Å². The van der Waals surface area contributed by atoms with Gasteiger partial charge in [-0.15, -0.1) is 0 Å². The number of nitrogens with zero attached hydrogens (tertiary/aromatic N) is 1. The van der Waals surface area contributed by atoms with Gasteiger partial charge in [0.25, 0.3) is 5.69 Å². The maximum absolute atomic E-state index is 10.7. The van der Waals surface area contributed by atoms with Crippen molar-refractivity contribution in [2.75, 3.05) is 12.4 Å². The molecule has 2 rings (SSSR count). The summed E-state index contributed by atoms with van der Waals surface area (Å²) in [7, 11) is 1.62. The van der Waals surface area contributed by atoms with Crippen molar-refractivity contribution in [1.29, 1.82) is 0 Å². The van der Waals surface area contributed by atoms with Crippen molar-refractivity contribution in [3.8, 4) is 5.75 Å². The van der Waals surface area contributed by atoms with E-state index in [-0.39, 0.29) is 5.69 Å². The third-order valence-electron chi connectivity index (χ3n) is 2.69. The summed E-state index contributed by atoms with van der Waals surface area (Å²) in [6, 6.07) is 14.1. The number of anilines is 1. The van der Waals surface area contributed by atoms with Gasteiger partial charge in [0.1, 0.15) is 5.75 Å². The van der Waals surface area contributed by atoms with Crippen LogP contribution in [0, 0.1) is 10.1 Å². The summed E-state index contributed by atoms with van der Waals surface area (Å²) in [6.07, 6.45) is 0. The van der Waals surface area contributed by atoms with Crippen LogP contribution in [-0.4, -0.2) is 12.0 Å². The number of rotatable bonds is 5. The molecule has 2 aromatic carbocycles. The number of methoxy groups -OCH3 is 1. The standard InChI is InChI=1S/C14H14N2O3/c1-19-14-7-2-4-11(8-14)10-15-12-5-3-6-13(9-12)16(17)18/h2-9,15H,10H2,1H3. The molecule has 98 valence electrons. The van der Waals surface area contributed by atoms with Crippen molar-refractivity contribution < 1.29 is 9.66 Å². The van der Waals surface area contributed by atoms with Crippen LogP contribution in [0.4, 0.5) is 11.4 Å². The van der Waals surface area contributed by atoms with Crippen molar-refractivity contribution in [2.24, 2.45) is 0 Å². The zero-order chi connectivity index (χ0) is 13.7. The molecule has 0 saturated carbocycles. The molecule has 0 radical (unpaired) electrons. The normalized spacial score (nSPS) is 9.95. The van der Waals surface area contributed by atoms with Crippen LogP contribution in [0.2, 0.25) is 0 Å². The van der Waals surface area contributed by atoms with E-state index in [0.717, 1.165) is 17.0 Å². The number of nitro benzene ring substituents is 1. The van der Waals surface area contributed by atoms with Crippen LogP contribution in [0.1, 0.15) is 5.56 Å². The molecule has 0 bridgehead atoms. The van der Waals surface area contributed by atoms with Crippen molar-refractivity contribution in [2.45, 2.75) is 6.54 Å². The lowest BCUT2D eigenvalue weighted by Gasteiger charge is -2.07. The van der Waals surface area contributed by atoms with Crippen LogP contribution in [0.3, 0.4) is 0 Å². The highest BCUT2D eigenvalue weighted by atomic mass is 16.6. The van der Waals surface area contributed by atoms with E-state index < -0.39 is 4.92 Å². The van der Waals surface area contributed by atoms with Crippen LogP contribution < -0.4 is 10.1 Å². The average molecular weight is 258 g/mol. The van der Waals surface area contributed by atoms with Gasteiger partial charge < -0.3 is 10.1 Å². The first kappa shape index (κ1) is 12.9. The predicted octanol–water partition coefficient (Wildman–Crippen LogP) is 3.22. The lowest BCUT2D eigenvalue weighted by molar-refractivity contribution is -0.384. The fourth-order valence-electron chi connectivity index (χ4n) is 1.72. The molecule has 0 amide bonds. The maximum Gasteiger partial charge on any atom is 0.271 e. The number of benzene rings is 2. The highest BCUT2D eigenvalue weighted by Crippen LogP contribution is 2.18. The third kappa shape index (κ3) is 3.45. The first-order valence-electron chi connectivity index (χ1n) is 5.80. The Morgan fingerprint density at radius 2 is 2.00 bits per heavy atom. The molecule has 19 heavy (non-hydrogen) atoms. The molecule has 0 aromatic heterocycles. The highest BCUT2D eigenvalue weighted by molar-refractivity contribution is 5.51. The van der Waals surface area contributed by atoms with E-state index in [1.807, 2.05) is 24.3 Å². The second-order valence-electron chi connectivity index (χ2n) is 4.01. The van der Waals surface area contributed by atoms with E-state index in [1.165, 1.54) is 12.1 Å². The Kier molecular flexibility index (Phi) is 3.97. The van der Waals surface area contributed by atoms with E-state index >= 15 is 0 Å². The molecular weight excluding hydrogens is 244 g/mol. The third-order valence-corrected chi connectivity index (χ3v) is 2.69. The Morgan fingerprint density at radius 1 is 1.21 bits per heavy atom. The average Bonchev–Trinajstić information content (AvgIpc) is 2.45. The van der Waals surface area contributed by atoms with E-state index in [9.17, 15) is 10.1 Å². The van der Waals surface area contributed by atoms with Crippen LogP contribution in [-0.2, 0) is 6.54 Å². The number of nitro groups is 1. The summed E-state index contributed by atoms with van der Waals surface area (Å²) >= 11 is 0. The zero-order valence-electron chi connectivity index (χ0n) is 10.5. The summed E-state index contributed by atoms with van der Waals surface area (Å²) in [4.78, 5) is 10.3. The maximum atomic E-state index is 10.7. The molecule has 0 heterocycles. The minimum Gasteiger partial charge on any atom is -0.497 e. The van der Waals surface area contributed by atoms with Crippen molar-refractivity contribution >= 4 is 11.4 Å². The molecule has 0 unspecified atom stereocenters. The smallest absolute Gasteiger partial charge is 0.271 e. The van der Waals surface area contributed by atoms with E-state index in [4.69, 9.17) is 4.74 Å². The lowest BCUT2D eigenvalue weighted by Crippen LogP contribution is -2.00. The Morgan fingerprint density at radius 3 is 2.74 bits per heavy atom. The van der Waals surface area contributed by atoms with Crippen molar-refractivity contribution in [3.05, 3.63) is 64.2 Å². The molecular formula is C14H14N2O3. The van der Waals surface area contributed by atoms with E-state index in [0.29, 0.717) is 6.54 Å². The van der Waals surface area contributed by atoms with Gasteiger partial charge >= 0.3 is 0 Å². The molecule has 0 fully saturated rings. The number of nitrogens with one attached hydrogen (secondary N) is 1. The summed E-state index contributed by atoms with van der Waals surface area (Å²) in [5.74, 6) is 0.790. The van der Waals surface area contributed by atoms with Gasteiger partial charge in [0.2, 0.25) is 0 Å². The summed E-state index contributed by atoms with van der Waals surface area (Å²) in [5, 5.41) is 13.8. The van der Waals surface area contributed by atoms with Crippen LogP contribution in [0.25, 0.3) is 0 Å². The minimum absolute atomic E-state index is 0.0793. The van der Waals surface area contributed by atoms with Gasteiger partial charge in [0, 0.05) is 24.4 Å². The molecule has 5 nitrogen and oxygen atoms in total. The number of hydrogen-bond acceptors (Lipinski definition) is 4. The number of hydrogen-bond donors (Lipinski definition) is 1. The molecule has 0 saturated heterocycles. The SMILES string of the molecule is COc1cccc(CNc2cccc([N+](=O)[O-])c2)c1. The molecule has 5 heteroatoms. The first-order valence-corrected chi connectivity index (χ1v) is 5.80. The molecule has 0 atom stereocenters. The van der Waals surface area contributed by atoms with Gasteiger partial charge in [-0.1, -0.05) is 18.2 Å². The summed E-state index contributed by atoms with van der Waals surface area (Å²) in [5.41, 5.74) is 1.85. The summed E-state index contributed by atoms with van der Waals surface area (Å²) in [6.45, 7) is 0.582. The largest absolute Gasteiger partial charge is 0.497 e. The van der Waals surface area contributed by atoms with Crippen molar-refractivity contribution in [1.82, 2.24) is 0 Å². The topological polar surface area (TPSA) is 64.4 Å². The van der Waals surface area contributed by atoms with Gasteiger partial charge in [-0.2, -0.15) is 0 Å². The van der Waals surface area contributed by atoms with Gasteiger partial charge in [0.05, 0.1) is 12.0 Å². The van der Waals surface area contributed by atoms with Gasteiger partial charge in [-0.25, -0.2) is 0 Å². The van der Waals surface area contributed by atoms with Crippen molar-refractivity contribution in [3.63, 3.8) is 0 Å². The predicted molar refractivity (Wildman–Crippen MR) is 73.4 cm³/mol. The second-order valence-corrected chi connectivity index (χ2v) is 4.01. The fourth-order valence-corrected chi connectivity index (χ4v) is 1.72. The quantitative estimate of drug-likeness (QED) is 0.660. The van der Waals surface area contributed by atoms with Crippen LogP contribution >= 0.6 is 0 Å². The highest BCUT2D eigenvalue weighted by Gasteiger charge is 2.05. The lowest BCUT2D eigenvalue weighted by atomic mass is 10.2. The Hall–Kier alpha value is -2.56. The number of ether oxygens (including phenoxy) is 1.